The van der Waals surface area contributed by atoms with E-state index in [1.165, 1.54) is 0 Å². The van der Waals surface area contributed by atoms with Gasteiger partial charge < -0.3 is 14.7 Å². The summed E-state index contributed by atoms with van der Waals surface area (Å²) in [6.07, 6.45) is 2.01. The van der Waals surface area contributed by atoms with Crippen molar-refractivity contribution >= 4 is 11.8 Å². The number of ketones is 1. The zero-order valence-electron chi connectivity index (χ0n) is 15.7. The molecule has 1 aromatic rings. The van der Waals surface area contributed by atoms with Gasteiger partial charge in [-0.2, -0.15) is 0 Å². The quantitative estimate of drug-likeness (QED) is 0.799. The number of likely N-dealkylation sites (tertiary alicyclic amines) is 1. The molecule has 1 unspecified atom stereocenters. The van der Waals surface area contributed by atoms with Crippen LogP contribution in [0.1, 0.15) is 56.0 Å². The van der Waals surface area contributed by atoms with Crippen LogP contribution in [0.15, 0.2) is 18.2 Å². The number of carboxylic acid groups (broad SMARTS) is 1. The van der Waals surface area contributed by atoms with E-state index >= 15 is 0 Å². The van der Waals surface area contributed by atoms with E-state index in [1.807, 2.05) is 18.2 Å². The van der Waals surface area contributed by atoms with Gasteiger partial charge in [-0.15, -0.1) is 0 Å². The molecule has 1 heterocycles. The summed E-state index contributed by atoms with van der Waals surface area (Å²) in [7, 11) is 1.64. The van der Waals surface area contributed by atoms with Gasteiger partial charge in [0.1, 0.15) is 5.75 Å². The van der Waals surface area contributed by atoms with E-state index in [2.05, 4.69) is 25.7 Å². The predicted molar refractivity (Wildman–Crippen MR) is 97.4 cm³/mol. The Morgan fingerprint density at radius 1 is 1.32 bits per heavy atom. The SMILES string of the molecule is COc1ccc(C(=O)CCN2CCCC(C(=O)O)C2)cc1C(C)(C)C. The second-order valence-electron chi connectivity index (χ2n) is 7.82. The molecule has 1 fully saturated rings. The highest BCUT2D eigenvalue weighted by atomic mass is 16.5. The van der Waals surface area contributed by atoms with E-state index in [0.29, 0.717) is 25.1 Å². The van der Waals surface area contributed by atoms with Gasteiger partial charge >= 0.3 is 5.97 Å². The van der Waals surface area contributed by atoms with E-state index in [1.54, 1.807) is 7.11 Å². The monoisotopic (exact) mass is 347 g/mol. The van der Waals surface area contributed by atoms with Crippen LogP contribution in [-0.2, 0) is 10.2 Å². The number of methoxy groups -OCH3 is 1. The first-order chi connectivity index (χ1) is 11.7. The molecule has 2 rings (SSSR count). The Labute approximate surface area is 150 Å². The maximum absolute atomic E-state index is 12.6. The largest absolute Gasteiger partial charge is 0.496 e. The lowest BCUT2D eigenvalue weighted by atomic mass is 9.85. The lowest BCUT2D eigenvalue weighted by molar-refractivity contribution is -0.143. The Hall–Kier alpha value is -1.88. The molecule has 1 aliphatic rings. The Kier molecular flexibility index (Phi) is 6.22. The summed E-state index contributed by atoms with van der Waals surface area (Å²) < 4.78 is 5.42. The number of hydrogen-bond acceptors (Lipinski definition) is 4. The van der Waals surface area contributed by atoms with E-state index in [-0.39, 0.29) is 17.1 Å². The molecule has 0 spiro atoms. The molecule has 1 saturated heterocycles. The van der Waals surface area contributed by atoms with E-state index in [9.17, 15) is 9.59 Å². The minimum absolute atomic E-state index is 0.0885. The molecule has 0 amide bonds. The van der Waals surface area contributed by atoms with E-state index in [4.69, 9.17) is 9.84 Å². The Morgan fingerprint density at radius 3 is 2.64 bits per heavy atom. The topological polar surface area (TPSA) is 66.8 Å². The van der Waals surface area contributed by atoms with Crippen molar-refractivity contribution in [1.82, 2.24) is 4.90 Å². The highest BCUT2D eigenvalue weighted by Crippen LogP contribution is 2.32. The number of ether oxygens (including phenoxy) is 1. The molecule has 0 radical (unpaired) electrons. The molecule has 25 heavy (non-hydrogen) atoms. The first-order valence-electron chi connectivity index (χ1n) is 8.89. The number of hydrogen-bond donors (Lipinski definition) is 1. The summed E-state index contributed by atoms with van der Waals surface area (Å²) in [5, 5.41) is 9.16. The van der Waals surface area contributed by atoms with E-state index < -0.39 is 5.97 Å². The van der Waals surface area contributed by atoms with Crippen molar-refractivity contribution in [2.45, 2.75) is 45.4 Å². The van der Waals surface area contributed by atoms with Gasteiger partial charge in [0.05, 0.1) is 13.0 Å². The molecular formula is C20H29NO4. The normalized spacial score (nSPS) is 18.8. The summed E-state index contributed by atoms with van der Waals surface area (Å²) in [5.74, 6) is -0.159. The van der Waals surface area contributed by atoms with Crippen LogP contribution in [0.5, 0.6) is 5.75 Å². The van der Waals surface area contributed by atoms with Crippen LogP contribution < -0.4 is 4.74 Å². The Morgan fingerprint density at radius 2 is 2.04 bits per heavy atom. The summed E-state index contributed by atoms with van der Waals surface area (Å²) >= 11 is 0. The van der Waals surface area contributed by atoms with Crippen LogP contribution >= 0.6 is 0 Å². The lowest BCUT2D eigenvalue weighted by Crippen LogP contribution is -2.39. The second kappa shape index (κ2) is 8.00. The standard InChI is InChI=1S/C20H29NO4/c1-20(2,3)16-12-14(7-8-18(16)25-4)17(22)9-11-21-10-5-6-15(13-21)19(23)24/h7-8,12,15H,5-6,9-11,13H2,1-4H3,(H,23,24). The third-order valence-corrected chi connectivity index (χ3v) is 4.84. The van der Waals surface area contributed by atoms with Crippen molar-refractivity contribution < 1.29 is 19.4 Å². The van der Waals surface area contributed by atoms with Gasteiger partial charge in [-0.1, -0.05) is 20.8 Å². The smallest absolute Gasteiger partial charge is 0.307 e. The van der Waals surface area contributed by atoms with Crippen molar-refractivity contribution in [3.05, 3.63) is 29.3 Å². The minimum atomic E-state index is -0.735. The zero-order chi connectivity index (χ0) is 18.6. The summed E-state index contributed by atoms with van der Waals surface area (Å²) in [4.78, 5) is 25.8. The molecule has 5 heteroatoms. The molecule has 1 atom stereocenters. The van der Waals surface area contributed by atoms with E-state index in [0.717, 1.165) is 30.7 Å². The molecule has 0 bridgehead atoms. The first kappa shape index (κ1) is 19.4. The van der Waals surface area contributed by atoms with Crippen LogP contribution in [0.25, 0.3) is 0 Å². The average Bonchev–Trinajstić information content (AvgIpc) is 2.58. The van der Waals surface area contributed by atoms with Crippen LogP contribution in [-0.4, -0.2) is 48.5 Å². The maximum atomic E-state index is 12.6. The molecule has 138 valence electrons. The molecule has 0 saturated carbocycles. The fourth-order valence-corrected chi connectivity index (χ4v) is 3.33. The van der Waals surface area contributed by atoms with Crippen LogP contribution in [0.4, 0.5) is 0 Å². The highest BCUT2D eigenvalue weighted by molar-refractivity contribution is 5.96. The number of carbonyl (C=O) groups excluding carboxylic acids is 1. The number of rotatable bonds is 6. The van der Waals surface area contributed by atoms with Crippen LogP contribution in [0, 0.1) is 5.92 Å². The van der Waals surface area contributed by atoms with Crippen molar-refractivity contribution in [3.63, 3.8) is 0 Å². The van der Waals surface area contributed by atoms with Crippen molar-refractivity contribution in [3.8, 4) is 5.75 Å². The van der Waals surface area contributed by atoms with Gasteiger partial charge in [-0.3, -0.25) is 9.59 Å². The third kappa shape index (κ3) is 5.05. The molecule has 0 aromatic heterocycles. The van der Waals surface area contributed by atoms with Gasteiger partial charge in [0.15, 0.2) is 5.78 Å². The van der Waals surface area contributed by atoms with Crippen molar-refractivity contribution in [2.24, 2.45) is 5.92 Å². The van der Waals surface area contributed by atoms with Gasteiger partial charge in [0, 0.05) is 30.6 Å². The highest BCUT2D eigenvalue weighted by Gasteiger charge is 2.26. The maximum Gasteiger partial charge on any atom is 0.307 e. The lowest BCUT2D eigenvalue weighted by Gasteiger charge is -2.30. The van der Waals surface area contributed by atoms with Gasteiger partial charge in [-0.25, -0.2) is 0 Å². The number of carboxylic acids is 1. The Bertz CT molecular complexity index is 633. The van der Waals surface area contributed by atoms with Crippen molar-refractivity contribution in [1.29, 1.82) is 0 Å². The first-order valence-corrected chi connectivity index (χ1v) is 8.89. The number of carbonyl (C=O) groups is 2. The number of benzene rings is 1. The van der Waals surface area contributed by atoms with Crippen LogP contribution in [0.3, 0.4) is 0 Å². The Balaban J connectivity index is 2.02. The summed E-state index contributed by atoms with van der Waals surface area (Å²) in [6, 6.07) is 5.60. The van der Waals surface area contributed by atoms with Gasteiger partial charge in [0.2, 0.25) is 0 Å². The molecule has 1 N–H and O–H groups in total. The predicted octanol–water partition coefficient (Wildman–Crippen LogP) is 3.36. The van der Waals surface area contributed by atoms with Crippen molar-refractivity contribution in [2.75, 3.05) is 26.7 Å². The van der Waals surface area contributed by atoms with Gasteiger partial charge in [0.25, 0.3) is 0 Å². The molecule has 1 aliphatic heterocycles. The summed E-state index contributed by atoms with van der Waals surface area (Å²) in [6.45, 7) is 8.31. The average molecular weight is 347 g/mol. The minimum Gasteiger partial charge on any atom is -0.496 e. The molecule has 1 aromatic carbocycles. The fourth-order valence-electron chi connectivity index (χ4n) is 3.33. The molecule has 0 aliphatic carbocycles. The van der Waals surface area contributed by atoms with Gasteiger partial charge in [-0.05, 0) is 43.0 Å². The number of Topliss-reactive ketones (excluding diaryl/α,β-unsaturated/α-hetero) is 1. The number of nitrogens with zero attached hydrogens (tertiary/aromatic N) is 1. The summed E-state index contributed by atoms with van der Waals surface area (Å²) in [5.41, 5.74) is 1.60. The fraction of sp³-hybridized carbons (Fsp3) is 0.600. The number of piperidine rings is 1. The number of aliphatic carboxylic acids is 1. The molecular weight excluding hydrogens is 318 g/mol. The zero-order valence-corrected chi connectivity index (χ0v) is 15.7. The van der Waals surface area contributed by atoms with Crippen LogP contribution in [0.2, 0.25) is 0 Å². The second-order valence-corrected chi connectivity index (χ2v) is 7.82. The molecule has 5 nitrogen and oxygen atoms in total. The third-order valence-electron chi connectivity index (χ3n) is 4.84.